The first kappa shape index (κ1) is 17.3. The van der Waals surface area contributed by atoms with Gasteiger partial charge in [0, 0.05) is 21.7 Å². The summed E-state index contributed by atoms with van der Waals surface area (Å²) in [4.78, 5) is 17.8. The van der Waals surface area contributed by atoms with Crippen LogP contribution in [0.1, 0.15) is 15.9 Å². The van der Waals surface area contributed by atoms with Gasteiger partial charge in [-0.2, -0.15) is 0 Å². The van der Waals surface area contributed by atoms with Crippen LogP contribution in [0.25, 0.3) is 22.2 Å². The molecule has 0 atom stereocenters. The summed E-state index contributed by atoms with van der Waals surface area (Å²) in [5, 5.41) is 4.47. The third kappa shape index (κ3) is 3.69. The van der Waals surface area contributed by atoms with Crippen LogP contribution in [-0.2, 0) is 0 Å². The number of amides is 1. The van der Waals surface area contributed by atoms with Crippen LogP contribution in [-0.4, -0.2) is 10.9 Å². The van der Waals surface area contributed by atoms with E-state index >= 15 is 0 Å². The van der Waals surface area contributed by atoms with Crippen molar-refractivity contribution in [1.82, 2.24) is 4.98 Å². The molecule has 0 spiro atoms. The third-order valence-electron chi connectivity index (χ3n) is 4.38. The molecule has 4 aromatic rings. The first-order valence-electron chi connectivity index (χ1n) is 8.64. The van der Waals surface area contributed by atoms with E-state index in [1.165, 1.54) is 0 Å². The molecule has 132 valence electrons. The highest BCUT2D eigenvalue weighted by atomic mass is 35.5. The molecular formula is C23H17ClN2O. The number of halogens is 1. The summed E-state index contributed by atoms with van der Waals surface area (Å²) in [5.41, 5.74) is 4.87. The van der Waals surface area contributed by atoms with E-state index in [0.29, 0.717) is 10.6 Å². The van der Waals surface area contributed by atoms with Crippen molar-refractivity contribution in [3.63, 3.8) is 0 Å². The zero-order valence-electron chi connectivity index (χ0n) is 14.7. The van der Waals surface area contributed by atoms with Crippen molar-refractivity contribution >= 4 is 34.1 Å². The second-order valence-corrected chi connectivity index (χ2v) is 6.84. The van der Waals surface area contributed by atoms with E-state index in [9.17, 15) is 4.79 Å². The summed E-state index contributed by atoms with van der Waals surface area (Å²) in [7, 11) is 0. The number of aromatic nitrogens is 1. The van der Waals surface area contributed by atoms with Crippen LogP contribution in [0, 0.1) is 6.92 Å². The van der Waals surface area contributed by atoms with Gasteiger partial charge in [0.2, 0.25) is 0 Å². The number of pyridine rings is 1. The van der Waals surface area contributed by atoms with Crippen LogP contribution >= 0.6 is 11.6 Å². The van der Waals surface area contributed by atoms with E-state index in [1.54, 1.807) is 0 Å². The molecular weight excluding hydrogens is 356 g/mol. The first-order chi connectivity index (χ1) is 13.1. The summed E-state index contributed by atoms with van der Waals surface area (Å²) in [6.45, 7) is 2.01. The Morgan fingerprint density at radius 1 is 0.926 bits per heavy atom. The summed E-state index contributed by atoms with van der Waals surface area (Å²) in [6, 6.07) is 24.7. The van der Waals surface area contributed by atoms with Crippen LogP contribution in [0.5, 0.6) is 0 Å². The Labute approximate surface area is 162 Å². The smallest absolute Gasteiger partial charge is 0.256 e. The van der Waals surface area contributed by atoms with Crippen molar-refractivity contribution in [2.24, 2.45) is 0 Å². The molecule has 3 nitrogen and oxygen atoms in total. The molecule has 0 aliphatic carbocycles. The summed E-state index contributed by atoms with van der Waals surface area (Å²) >= 11 is 6.00. The third-order valence-corrected chi connectivity index (χ3v) is 4.63. The molecule has 1 amide bonds. The van der Waals surface area contributed by atoms with E-state index in [2.05, 4.69) is 5.32 Å². The van der Waals surface area contributed by atoms with Crippen molar-refractivity contribution in [2.75, 3.05) is 5.32 Å². The van der Waals surface area contributed by atoms with Gasteiger partial charge in [0.25, 0.3) is 5.91 Å². The lowest BCUT2D eigenvalue weighted by Gasteiger charge is -2.11. The number of nitrogens with one attached hydrogen (secondary N) is 1. The lowest BCUT2D eigenvalue weighted by atomic mass is 10.0. The first-order valence-corrected chi connectivity index (χ1v) is 9.02. The van der Waals surface area contributed by atoms with Gasteiger partial charge in [0.05, 0.1) is 16.8 Å². The maximum atomic E-state index is 13.0. The van der Waals surface area contributed by atoms with Gasteiger partial charge in [-0.3, -0.25) is 4.79 Å². The standard InChI is InChI=1S/C23H17ClN2O/c1-15-7-12-21-19(13-15)20(23(27)25-18-5-3-2-4-6-18)14-22(26-21)16-8-10-17(24)11-9-16/h2-14H,1H3,(H,25,27). The molecule has 1 heterocycles. The predicted octanol–water partition coefficient (Wildman–Crippen LogP) is 6.12. The van der Waals surface area contributed by atoms with Gasteiger partial charge in [-0.05, 0) is 49.4 Å². The van der Waals surface area contributed by atoms with Crippen LogP contribution in [0.2, 0.25) is 5.02 Å². The molecule has 0 fully saturated rings. The zero-order chi connectivity index (χ0) is 18.8. The molecule has 0 bridgehead atoms. The number of anilines is 1. The normalized spacial score (nSPS) is 10.7. The summed E-state index contributed by atoms with van der Waals surface area (Å²) in [6.07, 6.45) is 0. The Balaban J connectivity index is 1.84. The molecule has 1 N–H and O–H groups in total. The number of benzene rings is 3. The minimum atomic E-state index is -0.158. The topological polar surface area (TPSA) is 42.0 Å². The van der Waals surface area contributed by atoms with E-state index in [-0.39, 0.29) is 5.91 Å². The Morgan fingerprint density at radius 2 is 1.67 bits per heavy atom. The van der Waals surface area contributed by atoms with Gasteiger partial charge in [-0.15, -0.1) is 0 Å². The SMILES string of the molecule is Cc1ccc2nc(-c3ccc(Cl)cc3)cc(C(=O)Nc3ccccc3)c2c1. The van der Waals surface area contributed by atoms with Crippen molar-refractivity contribution in [2.45, 2.75) is 6.92 Å². The quantitative estimate of drug-likeness (QED) is 0.471. The summed E-state index contributed by atoms with van der Waals surface area (Å²) in [5.74, 6) is -0.158. The number of para-hydroxylation sites is 1. The average molecular weight is 373 g/mol. The number of carbonyl (C=O) groups is 1. The number of rotatable bonds is 3. The molecule has 0 aliphatic heterocycles. The fourth-order valence-electron chi connectivity index (χ4n) is 3.02. The predicted molar refractivity (Wildman–Crippen MR) is 111 cm³/mol. The molecule has 4 rings (SSSR count). The highest BCUT2D eigenvalue weighted by Gasteiger charge is 2.14. The second kappa shape index (κ2) is 7.22. The van der Waals surface area contributed by atoms with Crippen LogP contribution in [0.4, 0.5) is 5.69 Å². The molecule has 4 heteroatoms. The number of fused-ring (bicyclic) bond motifs is 1. The monoisotopic (exact) mass is 372 g/mol. The molecule has 27 heavy (non-hydrogen) atoms. The van der Waals surface area contributed by atoms with Crippen molar-refractivity contribution < 1.29 is 4.79 Å². The molecule has 0 aliphatic rings. The van der Waals surface area contributed by atoms with E-state index in [1.807, 2.05) is 85.8 Å². The van der Waals surface area contributed by atoms with Crippen LogP contribution in [0.3, 0.4) is 0 Å². The largest absolute Gasteiger partial charge is 0.322 e. The molecule has 0 saturated heterocycles. The van der Waals surface area contributed by atoms with Crippen LogP contribution < -0.4 is 5.32 Å². The Kier molecular flexibility index (Phi) is 4.61. The maximum Gasteiger partial charge on any atom is 0.256 e. The number of nitrogens with zero attached hydrogens (tertiary/aromatic N) is 1. The van der Waals surface area contributed by atoms with Gasteiger partial charge in [-0.1, -0.05) is 53.6 Å². The number of hydrogen-bond donors (Lipinski definition) is 1. The molecule has 0 saturated carbocycles. The minimum Gasteiger partial charge on any atom is -0.322 e. The van der Waals surface area contributed by atoms with Gasteiger partial charge in [0.1, 0.15) is 0 Å². The number of aryl methyl sites for hydroxylation is 1. The molecule has 0 unspecified atom stereocenters. The van der Waals surface area contributed by atoms with Gasteiger partial charge < -0.3 is 5.32 Å². The van der Waals surface area contributed by atoms with Crippen molar-refractivity contribution in [3.8, 4) is 11.3 Å². The van der Waals surface area contributed by atoms with Crippen LogP contribution in [0.15, 0.2) is 78.9 Å². The van der Waals surface area contributed by atoms with E-state index in [4.69, 9.17) is 16.6 Å². The Morgan fingerprint density at radius 3 is 2.41 bits per heavy atom. The van der Waals surface area contributed by atoms with Gasteiger partial charge in [-0.25, -0.2) is 4.98 Å². The zero-order valence-corrected chi connectivity index (χ0v) is 15.5. The average Bonchev–Trinajstić information content (AvgIpc) is 2.68. The summed E-state index contributed by atoms with van der Waals surface area (Å²) < 4.78 is 0. The molecule has 3 aromatic carbocycles. The van der Waals surface area contributed by atoms with E-state index in [0.717, 1.165) is 33.4 Å². The van der Waals surface area contributed by atoms with Crippen molar-refractivity contribution in [1.29, 1.82) is 0 Å². The van der Waals surface area contributed by atoms with Gasteiger partial charge in [0.15, 0.2) is 0 Å². The fourth-order valence-corrected chi connectivity index (χ4v) is 3.14. The Hall–Kier alpha value is -3.17. The maximum absolute atomic E-state index is 13.0. The molecule has 0 radical (unpaired) electrons. The molecule has 1 aromatic heterocycles. The highest BCUT2D eigenvalue weighted by Crippen LogP contribution is 2.27. The number of carbonyl (C=O) groups excluding carboxylic acids is 1. The lowest BCUT2D eigenvalue weighted by molar-refractivity contribution is 0.102. The highest BCUT2D eigenvalue weighted by molar-refractivity contribution is 6.30. The minimum absolute atomic E-state index is 0.158. The van der Waals surface area contributed by atoms with Gasteiger partial charge >= 0.3 is 0 Å². The fraction of sp³-hybridized carbons (Fsp3) is 0.0435. The number of hydrogen-bond acceptors (Lipinski definition) is 2. The second-order valence-electron chi connectivity index (χ2n) is 6.40. The Bertz CT molecular complexity index is 1120. The lowest BCUT2D eigenvalue weighted by Crippen LogP contribution is -2.13. The van der Waals surface area contributed by atoms with E-state index < -0.39 is 0 Å². The van der Waals surface area contributed by atoms with Crippen molar-refractivity contribution in [3.05, 3.63) is 95.0 Å².